The van der Waals surface area contributed by atoms with Gasteiger partial charge in [-0.3, -0.25) is 4.68 Å². The molecule has 0 atom stereocenters. The molecule has 0 spiro atoms. The molecule has 34 heavy (non-hydrogen) atoms. The van der Waals surface area contributed by atoms with Crippen LogP contribution in [0.1, 0.15) is 32.6 Å². The molecule has 1 aliphatic rings. The van der Waals surface area contributed by atoms with Crippen molar-refractivity contribution in [3.8, 4) is 16.9 Å². The van der Waals surface area contributed by atoms with Crippen LogP contribution < -0.4 is 15.8 Å². The van der Waals surface area contributed by atoms with E-state index in [1.54, 1.807) is 30.5 Å². The number of nitrogens with two attached hydrogens (primary N) is 1. The van der Waals surface area contributed by atoms with Gasteiger partial charge >= 0.3 is 6.09 Å². The number of nitrogens with one attached hydrogen (secondary N) is 1. The predicted molar refractivity (Wildman–Crippen MR) is 123 cm³/mol. The van der Waals surface area contributed by atoms with Crippen molar-refractivity contribution in [3.63, 3.8) is 0 Å². The molecule has 3 aromatic heterocycles. The average Bonchev–Trinajstić information content (AvgIpc) is 3.20. The van der Waals surface area contributed by atoms with E-state index < -0.39 is 12.3 Å². The Morgan fingerprint density at radius 2 is 2.00 bits per heavy atom. The second kappa shape index (κ2) is 9.12. The molecule has 11 nitrogen and oxygen atoms in total. The van der Waals surface area contributed by atoms with Crippen LogP contribution in [0.5, 0.6) is 5.75 Å². The number of amides is 1. The quantitative estimate of drug-likeness (QED) is 0.556. The van der Waals surface area contributed by atoms with E-state index in [9.17, 15) is 9.18 Å². The number of hydrogen-bond donors (Lipinski definition) is 2. The fraction of sp³-hybridized carbons (Fsp3) is 0.409. The van der Waals surface area contributed by atoms with Crippen LogP contribution in [0.25, 0.3) is 11.1 Å². The third-order valence-corrected chi connectivity index (χ3v) is 5.05. The van der Waals surface area contributed by atoms with E-state index in [4.69, 9.17) is 15.2 Å². The normalized spacial score (nSPS) is 14.0. The maximum absolute atomic E-state index is 12.9. The number of nitrogens with zero attached hydrogens (tertiary/aromatic N) is 6. The van der Waals surface area contributed by atoms with Crippen molar-refractivity contribution in [1.82, 2.24) is 29.6 Å². The summed E-state index contributed by atoms with van der Waals surface area (Å²) in [7, 11) is 1.56. The van der Waals surface area contributed by atoms with E-state index in [1.165, 1.54) is 6.07 Å². The smallest absolute Gasteiger partial charge is 0.410 e. The minimum atomic E-state index is -0.823. The van der Waals surface area contributed by atoms with Gasteiger partial charge in [0.1, 0.15) is 35.5 Å². The molecule has 1 amide bonds. The van der Waals surface area contributed by atoms with Crippen molar-refractivity contribution in [2.45, 2.75) is 39.1 Å². The maximum atomic E-state index is 12.9. The lowest BCUT2D eigenvalue weighted by molar-refractivity contribution is -0.000382. The number of carbonyl (C=O) groups excluding carboxylic acids is 1. The van der Waals surface area contributed by atoms with Crippen LogP contribution in [-0.2, 0) is 11.4 Å². The number of anilines is 3. The molecule has 0 aliphatic carbocycles. The van der Waals surface area contributed by atoms with Crippen molar-refractivity contribution < 1.29 is 18.7 Å². The average molecular weight is 471 g/mol. The Morgan fingerprint density at radius 1 is 1.24 bits per heavy atom. The van der Waals surface area contributed by atoms with Gasteiger partial charge in [-0.05, 0) is 20.8 Å². The first-order valence-corrected chi connectivity index (χ1v) is 10.7. The molecule has 1 fully saturated rings. The Hall–Kier alpha value is -3.96. The Kier molecular flexibility index (Phi) is 6.22. The first kappa shape index (κ1) is 23.2. The summed E-state index contributed by atoms with van der Waals surface area (Å²) >= 11 is 0. The van der Waals surface area contributed by atoms with Crippen LogP contribution in [0.2, 0.25) is 0 Å². The van der Waals surface area contributed by atoms with Crippen molar-refractivity contribution in [2.75, 3.05) is 31.2 Å². The number of ether oxygens (including phenoxy) is 2. The zero-order valence-electron chi connectivity index (χ0n) is 19.4. The third-order valence-electron chi connectivity index (χ3n) is 5.05. The summed E-state index contributed by atoms with van der Waals surface area (Å²) in [6.07, 6.45) is 4.94. The molecule has 0 aromatic carbocycles. The van der Waals surface area contributed by atoms with Crippen LogP contribution in [-0.4, -0.2) is 61.5 Å². The van der Waals surface area contributed by atoms with Crippen molar-refractivity contribution in [2.24, 2.45) is 0 Å². The molecule has 0 radical (unpaired) electrons. The number of rotatable bonds is 6. The van der Waals surface area contributed by atoms with Crippen LogP contribution in [0.15, 0.2) is 30.7 Å². The van der Waals surface area contributed by atoms with Crippen LogP contribution >= 0.6 is 0 Å². The molecular weight excluding hydrogens is 443 g/mol. The Bertz CT molecular complexity index is 1190. The van der Waals surface area contributed by atoms with Gasteiger partial charge in [-0.25, -0.2) is 24.1 Å². The highest BCUT2D eigenvalue weighted by atomic mass is 19.1. The van der Waals surface area contributed by atoms with Crippen molar-refractivity contribution in [3.05, 3.63) is 36.5 Å². The van der Waals surface area contributed by atoms with Gasteiger partial charge in [0, 0.05) is 48.7 Å². The lowest BCUT2D eigenvalue weighted by atomic mass is 10.1. The molecule has 3 N–H and O–H groups in total. The zero-order valence-corrected chi connectivity index (χ0v) is 19.4. The highest BCUT2D eigenvalue weighted by molar-refractivity contribution is 5.72. The van der Waals surface area contributed by atoms with E-state index in [1.807, 2.05) is 31.6 Å². The summed E-state index contributed by atoms with van der Waals surface area (Å²) in [6.45, 7) is 5.75. The van der Waals surface area contributed by atoms with Crippen molar-refractivity contribution >= 4 is 23.5 Å². The molecule has 0 bridgehead atoms. The largest absolute Gasteiger partial charge is 0.496 e. The first-order valence-electron chi connectivity index (χ1n) is 10.7. The molecular formula is C22H27FN8O3. The molecule has 4 rings (SSSR count). The SMILES string of the molecule is COc1cc(Nc2cc(N)nc(CF)n2)ncc1-c1cnn(C2CN(C(=O)OC(C)(C)C)C2)c1. The number of alkyl halides is 1. The maximum Gasteiger partial charge on any atom is 0.410 e. The topological polar surface area (TPSA) is 133 Å². The Balaban J connectivity index is 1.45. The van der Waals surface area contributed by atoms with Crippen molar-refractivity contribution in [1.29, 1.82) is 0 Å². The number of aromatic nitrogens is 5. The van der Waals surface area contributed by atoms with Gasteiger partial charge in [0.15, 0.2) is 5.82 Å². The van der Waals surface area contributed by atoms with Crippen LogP contribution in [0.4, 0.5) is 26.6 Å². The number of halogens is 1. The number of nitrogen functional groups attached to an aromatic ring is 1. The molecule has 0 saturated carbocycles. The monoisotopic (exact) mass is 470 g/mol. The molecule has 1 saturated heterocycles. The third kappa shape index (κ3) is 5.16. The second-order valence-electron chi connectivity index (χ2n) is 8.87. The van der Waals surface area contributed by atoms with E-state index in [-0.39, 0.29) is 23.8 Å². The number of methoxy groups -OCH3 is 1. The number of hydrogen-bond acceptors (Lipinski definition) is 9. The van der Waals surface area contributed by atoms with Crippen LogP contribution in [0.3, 0.4) is 0 Å². The predicted octanol–water partition coefficient (Wildman–Crippen LogP) is 3.33. The van der Waals surface area contributed by atoms with Gasteiger partial charge in [-0.15, -0.1) is 0 Å². The van der Waals surface area contributed by atoms with E-state index >= 15 is 0 Å². The molecule has 180 valence electrons. The Morgan fingerprint density at radius 3 is 2.68 bits per heavy atom. The standard InChI is InChI=1S/C22H27FN8O3/c1-22(2,3)34-21(32)30-11-14(12-30)31-10-13(8-26-31)15-9-25-18(5-16(15)33-4)28-19-6-17(24)27-20(7-23)29-19/h5-6,8-10,14H,7,11-12H2,1-4H3,(H3,24,25,27,28,29). The van der Waals surface area contributed by atoms with Gasteiger partial charge in [-0.1, -0.05) is 0 Å². The summed E-state index contributed by atoms with van der Waals surface area (Å²) in [6, 6.07) is 3.26. The highest BCUT2D eigenvalue weighted by Crippen LogP contribution is 2.33. The van der Waals surface area contributed by atoms with Crippen LogP contribution in [0, 0.1) is 0 Å². The summed E-state index contributed by atoms with van der Waals surface area (Å²) in [4.78, 5) is 26.1. The minimum Gasteiger partial charge on any atom is -0.496 e. The molecule has 4 heterocycles. The fourth-order valence-electron chi connectivity index (χ4n) is 3.44. The van der Waals surface area contributed by atoms with Gasteiger partial charge in [0.25, 0.3) is 0 Å². The fourth-order valence-corrected chi connectivity index (χ4v) is 3.44. The van der Waals surface area contributed by atoms with Gasteiger partial charge in [0.2, 0.25) is 0 Å². The molecule has 12 heteroatoms. The lowest BCUT2D eigenvalue weighted by Crippen LogP contribution is -2.52. The van der Waals surface area contributed by atoms with E-state index in [0.29, 0.717) is 30.5 Å². The summed E-state index contributed by atoms with van der Waals surface area (Å²) in [5.41, 5.74) is 6.73. The van der Waals surface area contributed by atoms with Gasteiger partial charge < -0.3 is 25.4 Å². The molecule has 0 unspecified atom stereocenters. The summed E-state index contributed by atoms with van der Waals surface area (Å²) < 4.78 is 25.7. The number of carbonyl (C=O) groups is 1. The number of likely N-dealkylation sites (tertiary alicyclic amines) is 1. The zero-order chi connectivity index (χ0) is 24.5. The highest BCUT2D eigenvalue weighted by Gasteiger charge is 2.35. The first-order chi connectivity index (χ1) is 16.1. The van der Waals surface area contributed by atoms with Gasteiger partial charge in [0.05, 0.1) is 19.3 Å². The minimum absolute atomic E-state index is 0.0141. The summed E-state index contributed by atoms with van der Waals surface area (Å²) in [5.74, 6) is 1.48. The Labute approximate surface area is 196 Å². The van der Waals surface area contributed by atoms with Gasteiger partial charge in [-0.2, -0.15) is 5.10 Å². The second-order valence-corrected chi connectivity index (χ2v) is 8.87. The molecule has 3 aromatic rings. The molecule has 1 aliphatic heterocycles. The lowest BCUT2D eigenvalue weighted by Gasteiger charge is -2.39. The summed E-state index contributed by atoms with van der Waals surface area (Å²) in [5, 5.41) is 7.44. The van der Waals surface area contributed by atoms with E-state index in [2.05, 4.69) is 25.4 Å². The van der Waals surface area contributed by atoms with E-state index in [0.717, 1.165) is 11.1 Å². The number of pyridine rings is 1.